The molecule has 29 heavy (non-hydrogen) atoms. The van der Waals surface area contributed by atoms with Crippen molar-refractivity contribution < 1.29 is 8.42 Å². The zero-order chi connectivity index (χ0) is 20.6. The fourth-order valence-corrected chi connectivity index (χ4v) is 6.11. The predicted octanol–water partition coefficient (Wildman–Crippen LogP) is 1.37. The van der Waals surface area contributed by atoms with Crippen molar-refractivity contribution in [3.63, 3.8) is 0 Å². The summed E-state index contributed by atoms with van der Waals surface area (Å²) in [7, 11) is -0.295. The molecule has 8 heteroatoms. The molecule has 0 spiro atoms. The average Bonchev–Trinajstić information content (AvgIpc) is 3.44. The summed E-state index contributed by atoms with van der Waals surface area (Å²) in [5.74, 6) is 0.635. The highest BCUT2D eigenvalue weighted by Gasteiger charge is 2.52. The summed E-state index contributed by atoms with van der Waals surface area (Å²) >= 11 is 0. The lowest BCUT2D eigenvalue weighted by atomic mass is 9.84. The van der Waals surface area contributed by atoms with Crippen molar-refractivity contribution in [2.24, 2.45) is 0 Å². The van der Waals surface area contributed by atoms with Crippen LogP contribution in [0.25, 0.3) is 0 Å². The molecule has 1 aromatic carbocycles. The van der Waals surface area contributed by atoms with E-state index in [4.69, 9.17) is 0 Å². The van der Waals surface area contributed by atoms with Gasteiger partial charge in [-0.05, 0) is 24.8 Å². The Morgan fingerprint density at radius 1 is 1.21 bits per heavy atom. The Morgan fingerprint density at radius 3 is 2.45 bits per heavy atom. The third-order valence-corrected chi connectivity index (χ3v) is 8.60. The monoisotopic (exact) mass is 417 g/mol. The first-order valence-electron chi connectivity index (χ1n) is 10.5. The Kier molecular flexibility index (Phi) is 5.70. The Morgan fingerprint density at radius 2 is 1.86 bits per heavy atom. The van der Waals surface area contributed by atoms with E-state index < -0.39 is 10.2 Å². The summed E-state index contributed by atoms with van der Waals surface area (Å²) in [6.45, 7) is 2.66. The van der Waals surface area contributed by atoms with Crippen molar-refractivity contribution in [3.05, 3.63) is 35.9 Å². The lowest BCUT2D eigenvalue weighted by Gasteiger charge is -2.56. The van der Waals surface area contributed by atoms with E-state index in [0.717, 1.165) is 25.9 Å². The largest absolute Gasteiger partial charge is 0.311 e. The van der Waals surface area contributed by atoms with Crippen LogP contribution in [0.2, 0.25) is 0 Å². The van der Waals surface area contributed by atoms with Crippen LogP contribution >= 0.6 is 0 Å². The van der Waals surface area contributed by atoms with Gasteiger partial charge in [-0.25, -0.2) is 0 Å². The number of benzene rings is 1. The molecule has 1 aliphatic carbocycles. The topological polar surface area (TPSA) is 79.7 Å². The molecule has 1 aromatic rings. The molecule has 0 amide bonds. The van der Waals surface area contributed by atoms with Crippen LogP contribution < -0.4 is 5.32 Å². The van der Waals surface area contributed by atoms with E-state index in [9.17, 15) is 13.7 Å². The zero-order valence-electron chi connectivity index (χ0n) is 17.3. The number of hydrogen-bond donors (Lipinski definition) is 1. The summed E-state index contributed by atoms with van der Waals surface area (Å²) in [6.07, 6.45) is 3.68. The number of piperidine rings is 1. The van der Waals surface area contributed by atoms with Crippen LogP contribution in [0.3, 0.4) is 0 Å². The van der Waals surface area contributed by atoms with Crippen LogP contribution in [-0.4, -0.2) is 79.8 Å². The van der Waals surface area contributed by atoms with Gasteiger partial charge in [0.05, 0.1) is 18.0 Å². The van der Waals surface area contributed by atoms with Crippen molar-refractivity contribution in [2.45, 2.75) is 49.2 Å². The van der Waals surface area contributed by atoms with Crippen molar-refractivity contribution in [3.8, 4) is 6.07 Å². The highest BCUT2D eigenvalue weighted by atomic mass is 32.2. The minimum absolute atomic E-state index is 0.324. The van der Waals surface area contributed by atoms with Crippen molar-refractivity contribution in [1.82, 2.24) is 18.8 Å². The van der Waals surface area contributed by atoms with Crippen LogP contribution in [-0.2, 0) is 10.2 Å². The Bertz CT molecular complexity index is 853. The Balaban J connectivity index is 1.29. The second-order valence-corrected chi connectivity index (χ2v) is 11.0. The van der Waals surface area contributed by atoms with Gasteiger partial charge in [0.25, 0.3) is 10.2 Å². The molecule has 3 fully saturated rings. The fourth-order valence-electron chi connectivity index (χ4n) is 4.85. The first-order valence-corrected chi connectivity index (χ1v) is 11.9. The molecule has 2 atom stereocenters. The Hall–Kier alpha value is -1.50. The summed E-state index contributed by atoms with van der Waals surface area (Å²) in [4.78, 5) is 2.36. The van der Waals surface area contributed by atoms with Gasteiger partial charge < -0.3 is 5.32 Å². The van der Waals surface area contributed by atoms with Crippen LogP contribution in [0, 0.1) is 11.3 Å². The van der Waals surface area contributed by atoms with Gasteiger partial charge in [0.15, 0.2) is 0 Å². The molecule has 0 bridgehead atoms. The smallest absolute Gasteiger partial charge is 0.281 e. The molecule has 2 aliphatic heterocycles. The molecule has 4 rings (SSSR count). The molecule has 2 saturated heterocycles. The van der Waals surface area contributed by atoms with E-state index in [1.54, 1.807) is 14.1 Å². The van der Waals surface area contributed by atoms with Gasteiger partial charge >= 0.3 is 0 Å². The molecule has 158 valence electrons. The maximum absolute atomic E-state index is 12.4. The second-order valence-electron chi connectivity index (χ2n) is 8.90. The average molecular weight is 418 g/mol. The molecule has 0 aromatic heterocycles. The van der Waals surface area contributed by atoms with Crippen LogP contribution in [0.4, 0.5) is 0 Å². The number of nitriles is 1. The van der Waals surface area contributed by atoms with E-state index in [1.807, 2.05) is 0 Å². The minimum Gasteiger partial charge on any atom is -0.311 e. The number of hydrogen-bond acceptors (Lipinski definition) is 5. The second kappa shape index (κ2) is 7.97. The third-order valence-electron chi connectivity index (χ3n) is 6.77. The molecule has 0 radical (unpaired) electrons. The number of rotatable bonds is 7. The van der Waals surface area contributed by atoms with Crippen LogP contribution in [0.1, 0.15) is 37.2 Å². The predicted molar refractivity (Wildman–Crippen MR) is 112 cm³/mol. The van der Waals surface area contributed by atoms with Gasteiger partial charge in [0.2, 0.25) is 0 Å². The van der Waals surface area contributed by atoms with Crippen LogP contribution in [0.5, 0.6) is 0 Å². The van der Waals surface area contributed by atoms with Gasteiger partial charge in [0, 0.05) is 58.3 Å². The summed E-state index contributed by atoms with van der Waals surface area (Å²) in [6, 6.07) is 14.1. The number of nitrogens with one attached hydrogen (secondary N) is 1. The van der Waals surface area contributed by atoms with E-state index >= 15 is 0 Å². The highest BCUT2D eigenvalue weighted by Crippen LogP contribution is 2.42. The molecule has 0 unspecified atom stereocenters. The van der Waals surface area contributed by atoms with Crippen molar-refractivity contribution >= 4 is 10.2 Å². The molecule has 1 saturated carbocycles. The first kappa shape index (κ1) is 20.8. The van der Waals surface area contributed by atoms with Gasteiger partial charge in [-0.1, -0.05) is 30.3 Å². The highest BCUT2D eigenvalue weighted by molar-refractivity contribution is 7.86. The standard InChI is InChI=1S/C21H31N5O2S/c1-24(2)29(27,28)26-15-21(16-26,10-11-22)25-12-8-18(9-13-25)23-20-14-19(20)17-6-4-3-5-7-17/h3-7,18-20,23H,8-10,12-16H2,1-2H3/t19-,20-/m1/s1. The number of likely N-dealkylation sites (tertiary alicyclic amines) is 1. The minimum atomic E-state index is -3.40. The molecular weight excluding hydrogens is 386 g/mol. The van der Waals surface area contributed by atoms with E-state index in [1.165, 1.54) is 20.6 Å². The van der Waals surface area contributed by atoms with Crippen LogP contribution in [0.15, 0.2) is 30.3 Å². The molecule has 2 heterocycles. The molecular formula is C21H31N5O2S. The molecule has 7 nitrogen and oxygen atoms in total. The van der Waals surface area contributed by atoms with Gasteiger partial charge in [0.1, 0.15) is 0 Å². The zero-order valence-corrected chi connectivity index (χ0v) is 18.1. The summed E-state index contributed by atoms with van der Waals surface area (Å²) in [5, 5.41) is 13.2. The quantitative estimate of drug-likeness (QED) is 0.725. The SMILES string of the molecule is CN(C)S(=O)(=O)N1CC(CC#N)(N2CCC(N[C@@H]3C[C@@H]3c3ccccc3)CC2)C1. The molecule has 3 aliphatic rings. The Labute approximate surface area is 174 Å². The summed E-state index contributed by atoms with van der Waals surface area (Å²) < 4.78 is 27.4. The number of nitrogens with zero attached hydrogens (tertiary/aromatic N) is 4. The third kappa shape index (κ3) is 4.07. The maximum Gasteiger partial charge on any atom is 0.281 e. The van der Waals surface area contributed by atoms with E-state index in [0.29, 0.717) is 37.5 Å². The summed E-state index contributed by atoms with van der Waals surface area (Å²) in [5.41, 5.74) is 1.10. The van der Waals surface area contributed by atoms with E-state index in [2.05, 4.69) is 46.6 Å². The van der Waals surface area contributed by atoms with Crippen molar-refractivity contribution in [1.29, 1.82) is 5.26 Å². The molecule has 1 N–H and O–H groups in total. The first-order chi connectivity index (χ1) is 13.9. The van der Waals surface area contributed by atoms with Gasteiger partial charge in [-0.2, -0.15) is 22.3 Å². The lowest BCUT2D eigenvalue weighted by Crippen LogP contribution is -2.73. The maximum atomic E-state index is 12.4. The lowest BCUT2D eigenvalue weighted by molar-refractivity contribution is -0.0273. The van der Waals surface area contributed by atoms with Gasteiger partial charge in [-0.15, -0.1) is 0 Å². The normalized spacial score (nSPS) is 28.1. The van der Waals surface area contributed by atoms with Gasteiger partial charge in [-0.3, -0.25) is 4.90 Å². The van der Waals surface area contributed by atoms with E-state index in [-0.39, 0.29) is 5.54 Å². The fraction of sp³-hybridized carbons (Fsp3) is 0.667. The van der Waals surface area contributed by atoms with Crippen molar-refractivity contribution in [2.75, 3.05) is 40.3 Å².